The van der Waals surface area contributed by atoms with Crippen LogP contribution >= 0.6 is 0 Å². The average Bonchev–Trinajstić information content (AvgIpc) is 2.75. The Morgan fingerprint density at radius 2 is 1.56 bits per heavy atom. The Balaban J connectivity index is 1.36. The molecule has 0 unspecified atom stereocenters. The Bertz CT molecular complexity index is 877. The zero-order valence-electron chi connectivity index (χ0n) is 14.8. The molecule has 7 nitrogen and oxygen atoms in total. The molecule has 1 aromatic carbocycles. The molecule has 2 aromatic heterocycles. The van der Waals surface area contributed by atoms with Gasteiger partial charge in [0.25, 0.3) is 5.91 Å². The van der Waals surface area contributed by atoms with Gasteiger partial charge in [-0.05, 0) is 24.3 Å². The molecule has 1 fully saturated rings. The highest BCUT2D eigenvalue weighted by molar-refractivity contribution is 5.93. The summed E-state index contributed by atoms with van der Waals surface area (Å²) in [5.74, 6) is 1.38. The second-order valence-electron chi connectivity index (χ2n) is 6.25. The summed E-state index contributed by atoms with van der Waals surface area (Å²) >= 11 is 0. The van der Waals surface area contributed by atoms with Gasteiger partial charge in [0.2, 0.25) is 5.95 Å². The molecule has 0 aliphatic carbocycles. The quantitative estimate of drug-likeness (QED) is 0.771. The normalized spacial score (nSPS) is 14.1. The van der Waals surface area contributed by atoms with Gasteiger partial charge in [0.05, 0.1) is 5.56 Å². The number of amides is 1. The summed E-state index contributed by atoms with van der Waals surface area (Å²) in [6, 6.07) is 15.6. The number of hydrogen-bond donors (Lipinski definition) is 1. The summed E-state index contributed by atoms with van der Waals surface area (Å²) in [6.45, 7) is 2.83. The first kappa shape index (κ1) is 17.0. The van der Waals surface area contributed by atoms with Gasteiger partial charge >= 0.3 is 0 Å². The van der Waals surface area contributed by atoms with Gasteiger partial charge in [-0.2, -0.15) is 0 Å². The maximum atomic E-state index is 12.7. The molecule has 0 radical (unpaired) electrons. The maximum Gasteiger partial charge on any atom is 0.257 e. The third-order valence-electron chi connectivity index (χ3n) is 4.47. The molecule has 3 aromatic rings. The van der Waals surface area contributed by atoms with Crippen LogP contribution in [-0.4, -0.2) is 51.9 Å². The van der Waals surface area contributed by atoms with Gasteiger partial charge < -0.3 is 15.1 Å². The number of benzene rings is 1. The molecule has 0 spiro atoms. The zero-order valence-corrected chi connectivity index (χ0v) is 14.8. The fraction of sp³-hybridized carbons (Fsp3) is 0.200. The minimum atomic E-state index is -0.0399. The van der Waals surface area contributed by atoms with E-state index in [0.29, 0.717) is 24.6 Å². The van der Waals surface area contributed by atoms with Gasteiger partial charge in [0.15, 0.2) is 0 Å². The molecule has 1 saturated heterocycles. The van der Waals surface area contributed by atoms with Gasteiger partial charge in [0.1, 0.15) is 5.82 Å². The molecule has 136 valence electrons. The van der Waals surface area contributed by atoms with Crippen LogP contribution in [0.2, 0.25) is 0 Å². The lowest BCUT2D eigenvalue weighted by molar-refractivity contribution is 0.0745. The van der Waals surface area contributed by atoms with Crippen LogP contribution in [0.25, 0.3) is 0 Å². The van der Waals surface area contributed by atoms with Crippen LogP contribution < -0.4 is 10.2 Å². The number of carbonyl (C=O) groups is 1. The molecule has 1 aliphatic heterocycles. The minimum absolute atomic E-state index is 0.0399. The number of nitrogens with zero attached hydrogens (tertiary/aromatic N) is 5. The zero-order chi connectivity index (χ0) is 18.5. The van der Waals surface area contributed by atoms with E-state index in [1.807, 2.05) is 53.4 Å². The molecule has 1 aliphatic rings. The summed E-state index contributed by atoms with van der Waals surface area (Å²) in [4.78, 5) is 29.6. The van der Waals surface area contributed by atoms with E-state index in [1.54, 1.807) is 18.6 Å². The summed E-state index contributed by atoms with van der Waals surface area (Å²) in [5, 5.41) is 3.11. The first-order valence-corrected chi connectivity index (χ1v) is 8.89. The molecular formula is C20H20N6O. The molecule has 1 N–H and O–H groups in total. The molecule has 0 saturated carbocycles. The molecule has 1 amide bonds. The van der Waals surface area contributed by atoms with Crippen molar-refractivity contribution in [1.29, 1.82) is 0 Å². The van der Waals surface area contributed by atoms with Crippen LogP contribution in [0.5, 0.6) is 0 Å². The second-order valence-corrected chi connectivity index (χ2v) is 6.25. The second kappa shape index (κ2) is 7.82. The predicted octanol–water partition coefficient (Wildman–Crippen LogP) is 2.58. The summed E-state index contributed by atoms with van der Waals surface area (Å²) in [7, 11) is 0. The van der Waals surface area contributed by atoms with Crippen LogP contribution in [0, 0.1) is 0 Å². The van der Waals surface area contributed by atoms with Crippen molar-refractivity contribution in [2.24, 2.45) is 0 Å². The van der Waals surface area contributed by atoms with Gasteiger partial charge in [-0.1, -0.05) is 24.3 Å². The fourth-order valence-corrected chi connectivity index (χ4v) is 3.02. The van der Waals surface area contributed by atoms with E-state index < -0.39 is 0 Å². The smallest absolute Gasteiger partial charge is 0.257 e. The number of rotatable bonds is 4. The van der Waals surface area contributed by atoms with E-state index in [1.165, 1.54) is 0 Å². The van der Waals surface area contributed by atoms with E-state index in [2.05, 4.69) is 25.2 Å². The molecule has 0 atom stereocenters. The van der Waals surface area contributed by atoms with Crippen LogP contribution in [0.3, 0.4) is 0 Å². The number of aromatic nitrogens is 3. The molecule has 7 heteroatoms. The molecule has 4 rings (SSSR count). The molecule has 0 bridgehead atoms. The number of pyridine rings is 1. The number of para-hydroxylation sites is 1. The Morgan fingerprint density at radius 3 is 2.22 bits per heavy atom. The summed E-state index contributed by atoms with van der Waals surface area (Å²) in [5.41, 5.74) is 1.40. The van der Waals surface area contributed by atoms with E-state index >= 15 is 0 Å². The van der Waals surface area contributed by atoms with E-state index in [4.69, 9.17) is 0 Å². The van der Waals surface area contributed by atoms with Crippen molar-refractivity contribution in [1.82, 2.24) is 19.9 Å². The highest BCUT2D eigenvalue weighted by atomic mass is 16.2. The third kappa shape index (κ3) is 4.03. The lowest BCUT2D eigenvalue weighted by atomic mass is 10.2. The standard InChI is InChI=1S/C20H20N6O/c27-19(26-12-10-25(11-13-26)18-8-4-5-9-21-18)16-14-22-20(23-15-16)24-17-6-2-1-3-7-17/h1-9,14-15H,10-13H2,(H,22,23,24). The summed E-state index contributed by atoms with van der Waals surface area (Å²) in [6.07, 6.45) is 4.94. The van der Waals surface area contributed by atoms with Crippen molar-refractivity contribution >= 4 is 23.4 Å². The lowest BCUT2D eigenvalue weighted by Gasteiger charge is -2.35. The minimum Gasteiger partial charge on any atom is -0.353 e. The van der Waals surface area contributed by atoms with Crippen molar-refractivity contribution in [3.8, 4) is 0 Å². The Morgan fingerprint density at radius 1 is 0.852 bits per heavy atom. The average molecular weight is 360 g/mol. The van der Waals surface area contributed by atoms with Crippen LogP contribution in [0.15, 0.2) is 67.1 Å². The van der Waals surface area contributed by atoms with Crippen molar-refractivity contribution in [2.75, 3.05) is 36.4 Å². The molecule has 27 heavy (non-hydrogen) atoms. The lowest BCUT2D eigenvalue weighted by Crippen LogP contribution is -2.49. The van der Waals surface area contributed by atoms with E-state index in [9.17, 15) is 4.79 Å². The van der Waals surface area contributed by atoms with Crippen molar-refractivity contribution in [3.05, 3.63) is 72.7 Å². The number of nitrogens with one attached hydrogen (secondary N) is 1. The fourth-order valence-electron chi connectivity index (χ4n) is 3.02. The Labute approximate surface area is 157 Å². The van der Waals surface area contributed by atoms with Crippen molar-refractivity contribution in [3.63, 3.8) is 0 Å². The topological polar surface area (TPSA) is 74.2 Å². The number of piperazine rings is 1. The number of hydrogen-bond acceptors (Lipinski definition) is 6. The van der Waals surface area contributed by atoms with Crippen molar-refractivity contribution < 1.29 is 4.79 Å². The third-order valence-corrected chi connectivity index (χ3v) is 4.47. The largest absolute Gasteiger partial charge is 0.353 e. The first-order chi connectivity index (χ1) is 13.3. The summed E-state index contributed by atoms with van der Waals surface area (Å²) < 4.78 is 0. The van der Waals surface area contributed by atoms with Gasteiger partial charge in [0, 0.05) is 50.5 Å². The predicted molar refractivity (Wildman–Crippen MR) is 104 cm³/mol. The van der Waals surface area contributed by atoms with E-state index in [0.717, 1.165) is 24.6 Å². The van der Waals surface area contributed by atoms with Crippen molar-refractivity contribution in [2.45, 2.75) is 0 Å². The van der Waals surface area contributed by atoms with Gasteiger partial charge in [-0.3, -0.25) is 4.79 Å². The Hall–Kier alpha value is -3.48. The molecular weight excluding hydrogens is 340 g/mol. The van der Waals surface area contributed by atoms with Gasteiger partial charge in [-0.15, -0.1) is 0 Å². The maximum absolute atomic E-state index is 12.7. The highest BCUT2D eigenvalue weighted by Crippen LogP contribution is 2.15. The highest BCUT2D eigenvalue weighted by Gasteiger charge is 2.23. The monoisotopic (exact) mass is 360 g/mol. The number of anilines is 3. The first-order valence-electron chi connectivity index (χ1n) is 8.89. The van der Waals surface area contributed by atoms with Crippen LogP contribution in [-0.2, 0) is 0 Å². The van der Waals surface area contributed by atoms with Crippen LogP contribution in [0.1, 0.15) is 10.4 Å². The SMILES string of the molecule is O=C(c1cnc(Nc2ccccc2)nc1)N1CCN(c2ccccn2)CC1. The van der Waals surface area contributed by atoms with Gasteiger partial charge in [-0.25, -0.2) is 15.0 Å². The number of carbonyl (C=O) groups excluding carboxylic acids is 1. The Kier molecular flexibility index (Phi) is 4.91. The van der Waals surface area contributed by atoms with E-state index in [-0.39, 0.29) is 5.91 Å². The molecule has 3 heterocycles. The van der Waals surface area contributed by atoms with Crippen LogP contribution in [0.4, 0.5) is 17.5 Å².